The molecule has 1 saturated heterocycles. The Bertz CT molecular complexity index is 1350. The fourth-order valence-electron chi connectivity index (χ4n) is 5.63. The van der Waals surface area contributed by atoms with E-state index < -0.39 is 0 Å². The topological polar surface area (TPSA) is 77.2 Å². The molecule has 2 atom stereocenters. The molecule has 4 heterocycles. The Kier molecular flexibility index (Phi) is 5.99. The lowest BCUT2D eigenvalue weighted by molar-refractivity contribution is 0.187. The van der Waals surface area contributed by atoms with Gasteiger partial charge in [-0.15, -0.1) is 0 Å². The third-order valence-corrected chi connectivity index (χ3v) is 7.43. The van der Waals surface area contributed by atoms with Crippen molar-refractivity contribution in [1.29, 1.82) is 0 Å². The molecule has 2 aliphatic heterocycles. The minimum absolute atomic E-state index is 0.00924. The number of hydrogen-bond donors (Lipinski definition) is 2. The van der Waals surface area contributed by atoms with Gasteiger partial charge in [0.1, 0.15) is 0 Å². The maximum atomic E-state index is 13.5. The highest BCUT2D eigenvalue weighted by atomic mass is 16.2. The summed E-state index contributed by atoms with van der Waals surface area (Å²) in [4.78, 5) is 21.9. The zero-order valence-electron chi connectivity index (χ0n) is 20.4. The van der Waals surface area contributed by atoms with Gasteiger partial charge in [-0.3, -0.25) is 10.1 Å². The average molecular weight is 479 g/mol. The maximum Gasteiger partial charge on any atom is 0.317 e. The summed E-state index contributed by atoms with van der Waals surface area (Å²) >= 11 is 0. The number of urea groups is 1. The number of likely N-dealkylation sites (tertiary alicyclic amines) is 1. The molecule has 4 aromatic rings. The molecule has 0 saturated carbocycles. The van der Waals surface area contributed by atoms with Gasteiger partial charge in [-0.05, 0) is 35.9 Å². The van der Waals surface area contributed by atoms with Crippen molar-refractivity contribution in [2.24, 2.45) is 0 Å². The third kappa shape index (κ3) is 4.27. The van der Waals surface area contributed by atoms with Crippen molar-refractivity contribution in [3.05, 3.63) is 95.9 Å². The predicted octanol–water partition coefficient (Wildman–Crippen LogP) is 4.30. The number of H-pyrrole nitrogens is 1. The van der Waals surface area contributed by atoms with E-state index in [4.69, 9.17) is 0 Å². The maximum absolute atomic E-state index is 13.5. The third-order valence-electron chi connectivity index (χ3n) is 7.43. The first-order chi connectivity index (χ1) is 17.7. The van der Waals surface area contributed by atoms with E-state index in [9.17, 15) is 4.79 Å². The van der Waals surface area contributed by atoms with Crippen molar-refractivity contribution in [3.8, 4) is 22.4 Å². The number of fused-ring (bicyclic) bond motifs is 1. The Balaban J connectivity index is 1.22. The van der Waals surface area contributed by atoms with E-state index in [0.29, 0.717) is 13.1 Å². The van der Waals surface area contributed by atoms with Gasteiger partial charge in [0.05, 0.1) is 18.3 Å². The number of likely N-dealkylation sites (N-methyl/N-ethyl adjacent to an activating group) is 1. The van der Waals surface area contributed by atoms with Crippen LogP contribution >= 0.6 is 0 Å². The van der Waals surface area contributed by atoms with E-state index in [1.165, 1.54) is 16.7 Å². The van der Waals surface area contributed by atoms with Crippen LogP contribution in [0.15, 0.2) is 79.1 Å². The number of aromatic nitrogens is 3. The van der Waals surface area contributed by atoms with E-state index >= 15 is 0 Å². The molecule has 1 fully saturated rings. The van der Waals surface area contributed by atoms with Gasteiger partial charge in [-0.25, -0.2) is 4.79 Å². The number of aromatic amines is 1. The Morgan fingerprint density at radius 2 is 1.75 bits per heavy atom. The van der Waals surface area contributed by atoms with Crippen molar-refractivity contribution >= 4 is 6.03 Å². The summed E-state index contributed by atoms with van der Waals surface area (Å²) in [5, 5.41) is 11.1. The second-order valence-electron chi connectivity index (χ2n) is 9.77. The first-order valence-electron chi connectivity index (χ1n) is 12.5. The van der Waals surface area contributed by atoms with Crippen LogP contribution < -0.4 is 5.32 Å². The summed E-state index contributed by atoms with van der Waals surface area (Å²) in [6.45, 7) is 2.95. The molecule has 7 heteroatoms. The summed E-state index contributed by atoms with van der Waals surface area (Å²) in [6.07, 6.45) is 4.31. The number of pyridine rings is 1. The minimum atomic E-state index is -0.00924. The van der Waals surface area contributed by atoms with Crippen LogP contribution in [-0.2, 0) is 13.0 Å². The highest BCUT2D eigenvalue weighted by molar-refractivity contribution is 5.76. The molecule has 2 N–H and O–H groups in total. The molecule has 0 aliphatic carbocycles. The molecule has 2 aromatic heterocycles. The molecule has 2 aliphatic rings. The van der Waals surface area contributed by atoms with Gasteiger partial charge in [0.15, 0.2) is 0 Å². The predicted molar refractivity (Wildman–Crippen MR) is 140 cm³/mol. The van der Waals surface area contributed by atoms with Crippen molar-refractivity contribution in [1.82, 2.24) is 30.3 Å². The quantitative estimate of drug-likeness (QED) is 0.458. The fourth-order valence-corrected chi connectivity index (χ4v) is 5.63. The van der Waals surface area contributed by atoms with Crippen LogP contribution in [0, 0.1) is 0 Å². The van der Waals surface area contributed by atoms with Gasteiger partial charge in [-0.1, -0.05) is 54.6 Å². The van der Waals surface area contributed by atoms with Gasteiger partial charge in [0.2, 0.25) is 0 Å². The van der Waals surface area contributed by atoms with Crippen LogP contribution in [0.5, 0.6) is 0 Å². The first kappa shape index (κ1) is 22.5. The lowest BCUT2D eigenvalue weighted by Crippen LogP contribution is -2.48. The second kappa shape index (κ2) is 9.59. The van der Waals surface area contributed by atoms with Gasteiger partial charge >= 0.3 is 6.03 Å². The molecule has 0 bridgehead atoms. The number of nitrogens with one attached hydrogen (secondary N) is 2. The molecule has 0 radical (unpaired) electrons. The fraction of sp³-hybridized carbons (Fsp3) is 0.276. The largest absolute Gasteiger partial charge is 0.333 e. The van der Waals surface area contributed by atoms with Crippen molar-refractivity contribution in [2.45, 2.75) is 24.9 Å². The second-order valence-corrected chi connectivity index (χ2v) is 9.77. The van der Waals surface area contributed by atoms with Gasteiger partial charge < -0.3 is 15.1 Å². The van der Waals surface area contributed by atoms with Crippen LogP contribution in [0.1, 0.15) is 22.7 Å². The van der Waals surface area contributed by atoms with Crippen LogP contribution in [0.3, 0.4) is 0 Å². The lowest BCUT2D eigenvalue weighted by Gasteiger charge is -2.30. The standard InChI is InChI=1S/C29H30N6O/c1-34-17-24(23-10-6-5-9-22(23)20-7-3-2-4-8-20)27(19-34)31-29(36)35-16-13-26-25(18-35)28(33-32-26)21-11-14-30-15-12-21/h2-12,14-15,24,27H,13,16-19H2,1H3,(H,31,36)(H,32,33)/t24-,27+/m0/s1. The van der Waals surface area contributed by atoms with Crippen LogP contribution in [0.2, 0.25) is 0 Å². The first-order valence-corrected chi connectivity index (χ1v) is 12.5. The van der Waals surface area contributed by atoms with E-state index in [1.807, 2.05) is 23.1 Å². The number of benzene rings is 2. The summed E-state index contributed by atoms with van der Waals surface area (Å²) in [5.41, 5.74) is 7.85. The number of nitrogens with zero attached hydrogens (tertiary/aromatic N) is 4. The molecule has 6 rings (SSSR count). The van der Waals surface area contributed by atoms with Crippen LogP contribution in [0.4, 0.5) is 4.79 Å². The van der Waals surface area contributed by atoms with E-state index in [-0.39, 0.29) is 18.0 Å². The average Bonchev–Trinajstić information content (AvgIpc) is 3.52. The van der Waals surface area contributed by atoms with E-state index in [1.54, 1.807) is 12.4 Å². The Morgan fingerprint density at radius 1 is 0.972 bits per heavy atom. The Labute approximate surface area is 211 Å². The zero-order chi connectivity index (χ0) is 24.5. The van der Waals surface area contributed by atoms with Gasteiger partial charge in [0, 0.05) is 61.2 Å². The molecule has 36 heavy (non-hydrogen) atoms. The minimum Gasteiger partial charge on any atom is -0.333 e. The number of rotatable bonds is 4. The summed E-state index contributed by atoms with van der Waals surface area (Å²) in [6, 6.07) is 23.0. The summed E-state index contributed by atoms with van der Waals surface area (Å²) in [7, 11) is 2.13. The summed E-state index contributed by atoms with van der Waals surface area (Å²) in [5.74, 6) is 0.219. The molecular formula is C29H30N6O. The molecular weight excluding hydrogens is 448 g/mol. The van der Waals surface area contributed by atoms with Crippen LogP contribution in [-0.4, -0.2) is 63.7 Å². The lowest BCUT2D eigenvalue weighted by atomic mass is 9.87. The van der Waals surface area contributed by atoms with Crippen molar-refractivity contribution in [3.63, 3.8) is 0 Å². The molecule has 182 valence electrons. The molecule has 2 aromatic carbocycles. The number of hydrogen-bond acceptors (Lipinski definition) is 4. The molecule has 0 spiro atoms. The molecule has 7 nitrogen and oxygen atoms in total. The highest BCUT2D eigenvalue weighted by Gasteiger charge is 2.36. The number of carbonyl (C=O) groups excluding carboxylic acids is 1. The SMILES string of the molecule is CN1C[C@@H](NC(=O)N2CCc3[nH]nc(-c4ccncc4)c3C2)[C@H](c2ccccc2-c2ccccc2)C1. The normalized spacial score (nSPS) is 19.8. The Hall–Kier alpha value is -3.97. The van der Waals surface area contributed by atoms with Crippen LogP contribution in [0.25, 0.3) is 22.4 Å². The van der Waals surface area contributed by atoms with E-state index in [2.05, 4.69) is 81.0 Å². The zero-order valence-corrected chi connectivity index (χ0v) is 20.4. The number of amides is 2. The van der Waals surface area contributed by atoms with Crippen molar-refractivity contribution < 1.29 is 4.79 Å². The van der Waals surface area contributed by atoms with Crippen molar-refractivity contribution in [2.75, 3.05) is 26.7 Å². The monoisotopic (exact) mass is 478 g/mol. The van der Waals surface area contributed by atoms with Gasteiger partial charge in [-0.2, -0.15) is 5.10 Å². The van der Waals surface area contributed by atoms with Gasteiger partial charge in [0.25, 0.3) is 0 Å². The molecule has 2 amide bonds. The highest BCUT2D eigenvalue weighted by Crippen LogP contribution is 2.35. The Morgan fingerprint density at radius 3 is 2.58 bits per heavy atom. The molecule has 0 unspecified atom stereocenters. The van der Waals surface area contributed by atoms with E-state index in [0.717, 1.165) is 42.0 Å². The smallest absolute Gasteiger partial charge is 0.317 e. The number of carbonyl (C=O) groups is 1. The summed E-state index contributed by atoms with van der Waals surface area (Å²) < 4.78 is 0.